The lowest BCUT2D eigenvalue weighted by molar-refractivity contribution is 0.505. The van der Waals surface area contributed by atoms with Crippen LogP contribution in [0, 0.1) is 0 Å². The van der Waals surface area contributed by atoms with Gasteiger partial charge in [-0.05, 0) is 18.4 Å². The van der Waals surface area contributed by atoms with E-state index in [1.54, 1.807) is 22.7 Å². The van der Waals surface area contributed by atoms with Crippen molar-refractivity contribution in [3.63, 3.8) is 0 Å². The van der Waals surface area contributed by atoms with E-state index in [2.05, 4.69) is 33.8 Å². The third-order valence-electron chi connectivity index (χ3n) is 3.22. The third-order valence-corrected chi connectivity index (χ3v) is 5.16. The molecule has 1 atom stereocenters. The first-order valence-electron chi connectivity index (χ1n) is 5.96. The Morgan fingerprint density at radius 1 is 1.50 bits per heavy atom. The van der Waals surface area contributed by atoms with E-state index in [0.29, 0.717) is 6.04 Å². The fourth-order valence-electron chi connectivity index (χ4n) is 2.30. The number of fused-ring (bicyclic) bond motifs is 3. The molecule has 0 saturated heterocycles. The van der Waals surface area contributed by atoms with Gasteiger partial charge in [0.2, 0.25) is 4.96 Å². The molecule has 0 aliphatic carbocycles. The number of aromatic nitrogens is 3. The maximum atomic E-state index is 4.66. The highest BCUT2D eigenvalue weighted by molar-refractivity contribution is 7.17. The molecule has 18 heavy (non-hydrogen) atoms. The Labute approximate surface area is 112 Å². The van der Waals surface area contributed by atoms with E-state index in [1.165, 1.54) is 10.6 Å². The van der Waals surface area contributed by atoms with Crippen LogP contribution in [0.4, 0.5) is 0 Å². The summed E-state index contributed by atoms with van der Waals surface area (Å²) in [6.07, 6.45) is 1.03. The van der Waals surface area contributed by atoms with E-state index < -0.39 is 0 Å². The molecule has 3 aromatic rings. The fraction of sp³-hybridized carbons (Fsp3) is 0.333. The average Bonchev–Trinajstić information content (AvgIpc) is 3.02. The fourth-order valence-corrected chi connectivity index (χ4v) is 3.99. The Kier molecular flexibility index (Phi) is 2.30. The van der Waals surface area contributed by atoms with Crippen molar-refractivity contribution in [3.05, 3.63) is 28.1 Å². The van der Waals surface area contributed by atoms with Gasteiger partial charge in [-0.3, -0.25) is 0 Å². The van der Waals surface area contributed by atoms with Crippen LogP contribution in [0.1, 0.15) is 17.5 Å². The van der Waals surface area contributed by atoms with Crippen molar-refractivity contribution in [2.45, 2.75) is 25.9 Å². The highest BCUT2D eigenvalue weighted by Crippen LogP contribution is 2.29. The molecule has 0 saturated carbocycles. The van der Waals surface area contributed by atoms with Gasteiger partial charge in [-0.15, -0.1) is 16.4 Å². The molecule has 0 aromatic carbocycles. The number of hydrogen-bond acceptors (Lipinski definition) is 5. The minimum absolute atomic E-state index is 0.518. The smallest absolute Gasteiger partial charge is 0.213 e. The maximum Gasteiger partial charge on any atom is 0.213 e. The van der Waals surface area contributed by atoms with Crippen molar-refractivity contribution in [1.82, 2.24) is 19.9 Å². The number of nitrogens with zero attached hydrogens (tertiary/aromatic N) is 3. The summed E-state index contributed by atoms with van der Waals surface area (Å²) in [5.74, 6) is 0.852. The van der Waals surface area contributed by atoms with Crippen molar-refractivity contribution in [2.24, 2.45) is 0 Å². The lowest BCUT2D eigenvalue weighted by atomic mass is 10.1. The topological polar surface area (TPSA) is 42.2 Å². The zero-order chi connectivity index (χ0) is 12.1. The van der Waals surface area contributed by atoms with Crippen molar-refractivity contribution in [3.8, 4) is 10.7 Å². The Hall–Kier alpha value is -1.24. The standard InChI is InChI=1S/C12H12N4S2/c1-7-5-8-10(6-13-7)18-12-14-11(15-16(8)12)9-3-2-4-17-9/h2-4,7,13H,5-6H2,1H3. The van der Waals surface area contributed by atoms with Gasteiger partial charge in [0.1, 0.15) is 0 Å². The van der Waals surface area contributed by atoms with Gasteiger partial charge in [0, 0.05) is 23.9 Å². The summed E-state index contributed by atoms with van der Waals surface area (Å²) < 4.78 is 2.03. The predicted molar refractivity (Wildman–Crippen MR) is 74.2 cm³/mol. The quantitative estimate of drug-likeness (QED) is 0.743. The first kappa shape index (κ1) is 10.7. The van der Waals surface area contributed by atoms with Crippen molar-refractivity contribution in [1.29, 1.82) is 0 Å². The van der Waals surface area contributed by atoms with Gasteiger partial charge in [0.05, 0.1) is 10.6 Å². The van der Waals surface area contributed by atoms with Crippen LogP contribution in [0.15, 0.2) is 17.5 Å². The van der Waals surface area contributed by atoms with Crippen LogP contribution in [0.3, 0.4) is 0 Å². The van der Waals surface area contributed by atoms with Crippen molar-refractivity contribution < 1.29 is 0 Å². The van der Waals surface area contributed by atoms with Gasteiger partial charge in [0.25, 0.3) is 0 Å². The lowest BCUT2D eigenvalue weighted by Gasteiger charge is -2.19. The summed E-state index contributed by atoms with van der Waals surface area (Å²) >= 11 is 3.44. The lowest BCUT2D eigenvalue weighted by Crippen LogP contribution is -2.32. The van der Waals surface area contributed by atoms with Gasteiger partial charge in [0.15, 0.2) is 5.82 Å². The van der Waals surface area contributed by atoms with Crippen LogP contribution in [-0.2, 0) is 13.0 Å². The van der Waals surface area contributed by atoms with E-state index >= 15 is 0 Å². The molecule has 4 heterocycles. The predicted octanol–water partition coefficient (Wildman–Crippen LogP) is 2.55. The van der Waals surface area contributed by atoms with E-state index in [9.17, 15) is 0 Å². The molecule has 1 aliphatic rings. The Balaban J connectivity index is 1.87. The molecule has 1 aliphatic heterocycles. The molecule has 3 aromatic heterocycles. The number of thiophene rings is 1. The number of nitrogens with one attached hydrogen (secondary N) is 1. The summed E-state index contributed by atoms with van der Waals surface area (Å²) in [6, 6.07) is 4.63. The monoisotopic (exact) mass is 276 g/mol. The molecule has 0 spiro atoms. The molecular formula is C12H12N4S2. The highest BCUT2D eigenvalue weighted by atomic mass is 32.1. The van der Waals surface area contributed by atoms with E-state index in [1.807, 2.05) is 10.6 Å². The molecule has 92 valence electrons. The van der Waals surface area contributed by atoms with Crippen LogP contribution >= 0.6 is 22.7 Å². The van der Waals surface area contributed by atoms with Gasteiger partial charge >= 0.3 is 0 Å². The van der Waals surface area contributed by atoms with E-state index in [-0.39, 0.29) is 0 Å². The van der Waals surface area contributed by atoms with Gasteiger partial charge in [-0.2, -0.15) is 4.98 Å². The van der Waals surface area contributed by atoms with Crippen molar-refractivity contribution in [2.75, 3.05) is 0 Å². The largest absolute Gasteiger partial charge is 0.309 e. The minimum atomic E-state index is 0.518. The molecule has 0 amide bonds. The molecule has 0 bridgehead atoms. The van der Waals surface area contributed by atoms with Crippen LogP contribution in [0.25, 0.3) is 15.7 Å². The third kappa shape index (κ3) is 1.53. The summed E-state index contributed by atoms with van der Waals surface area (Å²) in [7, 11) is 0. The second-order valence-corrected chi connectivity index (χ2v) is 6.57. The molecule has 4 nitrogen and oxygen atoms in total. The van der Waals surface area contributed by atoms with Crippen LogP contribution in [0.5, 0.6) is 0 Å². The molecular weight excluding hydrogens is 264 g/mol. The zero-order valence-electron chi connectivity index (χ0n) is 9.88. The molecule has 1 N–H and O–H groups in total. The SMILES string of the molecule is CC1Cc2c(sc3nc(-c4cccs4)nn23)CN1. The Bertz CT molecular complexity index is 695. The number of rotatable bonds is 1. The second kappa shape index (κ2) is 3.88. The van der Waals surface area contributed by atoms with Gasteiger partial charge < -0.3 is 5.32 Å². The number of thiazole rings is 1. The first-order valence-corrected chi connectivity index (χ1v) is 7.65. The Morgan fingerprint density at radius 2 is 2.44 bits per heavy atom. The number of hydrogen-bond donors (Lipinski definition) is 1. The first-order chi connectivity index (χ1) is 8.81. The summed E-state index contributed by atoms with van der Waals surface area (Å²) in [4.78, 5) is 8.17. The van der Waals surface area contributed by atoms with Crippen LogP contribution in [0.2, 0.25) is 0 Å². The summed E-state index contributed by atoms with van der Waals surface area (Å²) in [6.45, 7) is 3.16. The van der Waals surface area contributed by atoms with Crippen LogP contribution < -0.4 is 5.32 Å². The highest BCUT2D eigenvalue weighted by Gasteiger charge is 2.22. The maximum absolute atomic E-state index is 4.66. The molecule has 0 fully saturated rings. The van der Waals surface area contributed by atoms with E-state index in [4.69, 9.17) is 0 Å². The normalized spacial score (nSPS) is 19.3. The summed E-state index contributed by atoms with van der Waals surface area (Å²) in [5.41, 5.74) is 1.33. The molecule has 4 rings (SSSR count). The van der Waals surface area contributed by atoms with Gasteiger partial charge in [-0.25, -0.2) is 4.52 Å². The minimum Gasteiger partial charge on any atom is -0.309 e. The van der Waals surface area contributed by atoms with Crippen LogP contribution in [-0.4, -0.2) is 20.6 Å². The Morgan fingerprint density at radius 3 is 3.28 bits per heavy atom. The molecule has 0 radical (unpaired) electrons. The molecule has 6 heteroatoms. The zero-order valence-corrected chi connectivity index (χ0v) is 11.5. The van der Waals surface area contributed by atoms with Crippen molar-refractivity contribution >= 4 is 27.6 Å². The summed E-state index contributed by atoms with van der Waals surface area (Å²) in [5, 5.41) is 10.2. The second-order valence-electron chi connectivity index (χ2n) is 4.57. The average molecular weight is 276 g/mol. The molecule has 1 unspecified atom stereocenters. The van der Waals surface area contributed by atoms with E-state index in [0.717, 1.165) is 28.6 Å². The van der Waals surface area contributed by atoms with Gasteiger partial charge in [-0.1, -0.05) is 17.4 Å².